The Morgan fingerprint density at radius 3 is 2.53 bits per heavy atom. The number of rotatable bonds is 6. The first-order valence-electron chi connectivity index (χ1n) is 8.96. The maximum absolute atomic E-state index is 12.8. The molecule has 1 saturated heterocycles. The predicted octanol–water partition coefficient (Wildman–Crippen LogP) is 1.38. The number of hydrogen-bond acceptors (Lipinski definition) is 7. The zero-order valence-electron chi connectivity index (χ0n) is 16.3. The molecule has 170 valence electrons. The predicted molar refractivity (Wildman–Crippen MR) is 116 cm³/mol. The maximum atomic E-state index is 12.8. The molecule has 3 atom stereocenters. The van der Waals surface area contributed by atoms with Crippen LogP contribution in [-0.2, 0) is 35.1 Å². The van der Waals surface area contributed by atoms with Crippen molar-refractivity contribution in [1.29, 1.82) is 0 Å². The van der Waals surface area contributed by atoms with Gasteiger partial charge in [0.1, 0.15) is 18.1 Å². The zero-order valence-corrected chi connectivity index (χ0v) is 19.4. The van der Waals surface area contributed by atoms with Gasteiger partial charge in [-0.25, -0.2) is 9.59 Å². The third kappa shape index (κ3) is 5.06. The van der Waals surface area contributed by atoms with Gasteiger partial charge in [-0.05, 0) is 19.1 Å². The lowest BCUT2D eigenvalue weighted by Crippen LogP contribution is -2.74. The number of esters is 1. The number of fused-ring (bicyclic) bond motifs is 1. The minimum absolute atomic E-state index is 0.0607. The molecular formula is C19H15Cl3N2O7S. The van der Waals surface area contributed by atoms with Crippen molar-refractivity contribution >= 4 is 69.7 Å². The van der Waals surface area contributed by atoms with Gasteiger partial charge in [0.15, 0.2) is 18.6 Å². The molecule has 0 bridgehead atoms. The number of para-hydroxylation sites is 1. The summed E-state index contributed by atoms with van der Waals surface area (Å²) in [6.07, 6.45) is 0. The summed E-state index contributed by atoms with van der Waals surface area (Å²) < 4.78 is 21.1. The van der Waals surface area contributed by atoms with E-state index in [-0.39, 0.29) is 16.2 Å². The van der Waals surface area contributed by atoms with E-state index < -0.39 is 57.4 Å². The standard InChI is InChI=1S/C19H15Cl3N2O7S/c1-10-12(7-25)32(29)17-14(23-13(26)8-30-11-5-3-2-4-6-11)16(27)24(17)15(10)18(28)31-9-19(20,21)22/h2-6,14,17H,8-9H2,1H3,(H,23,26)/t14?,17-,32?/m0/s1. The van der Waals surface area contributed by atoms with Gasteiger partial charge in [-0.2, -0.15) is 0 Å². The van der Waals surface area contributed by atoms with Crippen molar-refractivity contribution in [3.05, 3.63) is 46.5 Å². The Hall–Kier alpha value is -2.20. The minimum atomic E-state index is -2.06. The molecule has 1 N–H and O–H groups in total. The van der Waals surface area contributed by atoms with E-state index in [9.17, 15) is 23.7 Å². The molecule has 0 aromatic heterocycles. The summed E-state index contributed by atoms with van der Waals surface area (Å²) in [5, 5.41) is 1.20. The van der Waals surface area contributed by atoms with Crippen molar-refractivity contribution < 1.29 is 33.2 Å². The lowest BCUT2D eigenvalue weighted by Gasteiger charge is -2.48. The number of amides is 2. The number of hydrogen-bond donors (Lipinski definition) is 1. The lowest BCUT2D eigenvalue weighted by atomic mass is 10.0. The summed E-state index contributed by atoms with van der Waals surface area (Å²) in [6.45, 7) is 0.282. The van der Waals surface area contributed by atoms with Crippen LogP contribution in [0.2, 0.25) is 0 Å². The quantitative estimate of drug-likeness (QED) is 0.197. The molecular weight excluding hydrogens is 507 g/mol. The van der Waals surface area contributed by atoms with E-state index in [1.165, 1.54) is 12.9 Å². The average Bonchev–Trinajstić information content (AvgIpc) is 2.74. The van der Waals surface area contributed by atoms with Gasteiger partial charge in [-0.1, -0.05) is 53.0 Å². The minimum Gasteiger partial charge on any atom is -0.609 e. The molecule has 2 amide bonds. The number of halogens is 3. The summed E-state index contributed by atoms with van der Waals surface area (Å²) in [7, 11) is 0. The normalized spacial score (nSPS) is 22.5. The van der Waals surface area contributed by atoms with E-state index in [2.05, 4.69) is 5.32 Å². The number of nitrogens with one attached hydrogen (secondary N) is 1. The van der Waals surface area contributed by atoms with E-state index in [4.69, 9.17) is 44.3 Å². The van der Waals surface area contributed by atoms with E-state index in [1.54, 1.807) is 30.3 Å². The van der Waals surface area contributed by atoms with Crippen molar-refractivity contribution in [3.8, 4) is 5.75 Å². The number of ether oxygens (including phenoxy) is 2. The molecule has 13 heteroatoms. The Bertz CT molecular complexity index is 1020. The molecule has 3 rings (SSSR count). The van der Waals surface area contributed by atoms with Crippen LogP contribution in [0.15, 0.2) is 46.5 Å². The van der Waals surface area contributed by atoms with Crippen LogP contribution >= 0.6 is 34.8 Å². The molecule has 32 heavy (non-hydrogen) atoms. The highest BCUT2D eigenvalue weighted by Crippen LogP contribution is 2.41. The lowest BCUT2D eigenvalue weighted by molar-refractivity contribution is -0.153. The first kappa shape index (κ1) is 24.4. The summed E-state index contributed by atoms with van der Waals surface area (Å²) >= 11 is 14.7. The second kappa shape index (κ2) is 9.74. The number of alkyl halides is 3. The molecule has 2 aliphatic heterocycles. The second-order valence-corrected chi connectivity index (χ2v) is 10.6. The summed E-state index contributed by atoms with van der Waals surface area (Å²) in [5.41, 5.74) is -0.396. The molecule has 0 radical (unpaired) electrons. The first-order chi connectivity index (χ1) is 15.0. The van der Waals surface area contributed by atoms with Crippen molar-refractivity contribution in [1.82, 2.24) is 10.2 Å². The largest absolute Gasteiger partial charge is 0.609 e. The number of nitrogens with zero attached hydrogens (tertiary/aromatic N) is 1. The number of allylic oxidation sites excluding steroid dienone is 1. The van der Waals surface area contributed by atoms with Crippen molar-refractivity contribution in [2.45, 2.75) is 22.1 Å². The van der Waals surface area contributed by atoms with Gasteiger partial charge in [-0.15, -0.1) is 0 Å². The fraction of sp³-hybridized carbons (Fsp3) is 0.316. The van der Waals surface area contributed by atoms with Gasteiger partial charge in [0, 0.05) is 16.7 Å². The van der Waals surface area contributed by atoms with Crippen LogP contribution in [0, 0.1) is 0 Å². The van der Waals surface area contributed by atoms with E-state index in [0.29, 0.717) is 5.75 Å². The average molecular weight is 522 g/mol. The fourth-order valence-electron chi connectivity index (χ4n) is 3.08. The molecule has 1 fully saturated rings. The fourth-order valence-corrected chi connectivity index (χ4v) is 4.80. The van der Waals surface area contributed by atoms with Crippen LogP contribution in [0.1, 0.15) is 6.92 Å². The summed E-state index contributed by atoms with van der Waals surface area (Å²) in [6, 6.07) is 7.24. The zero-order chi connectivity index (χ0) is 23.6. The molecule has 0 saturated carbocycles. The Morgan fingerprint density at radius 1 is 1.28 bits per heavy atom. The van der Waals surface area contributed by atoms with Crippen LogP contribution < -0.4 is 10.1 Å². The van der Waals surface area contributed by atoms with Crippen molar-refractivity contribution in [2.24, 2.45) is 0 Å². The molecule has 2 heterocycles. The highest BCUT2D eigenvalue weighted by molar-refractivity contribution is 7.96. The third-order valence-electron chi connectivity index (χ3n) is 4.48. The molecule has 2 aliphatic rings. The van der Waals surface area contributed by atoms with Crippen LogP contribution in [0.3, 0.4) is 0 Å². The van der Waals surface area contributed by atoms with Crippen molar-refractivity contribution in [2.75, 3.05) is 13.2 Å². The van der Waals surface area contributed by atoms with Crippen LogP contribution in [0.25, 0.3) is 0 Å². The van der Waals surface area contributed by atoms with Crippen molar-refractivity contribution in [3.63, 3.8) is 0 Å². The Labute approximate surface area is 200 Å². The van der Waals surface area contributed by atoms with E-state index in [0.717, 1.165) is 4.90 Å². The highest BCUT2D eigenvalue weighted by atomic mass is 35.6. The van der Waals surface area contributed by atoms with Gasteiger partial charge in [0.05, 0.1) is 0 Å². The highest BCUT2D eigenvalue weighted by Gasteiger charge is 2.63. The SMILES string of the molecule is CC1=C(C(=O)OCC(Cl)(Cl)Cl)N2C(=O)C(NC(=O)COc3ccccc3)[C@@H]2[S+]([O-])C1=C=O. The van der Waals surface area contributed by atoms with E-state index >= 15 is 0 Å². The van der Waals surface area contributed by atoms with Crippen LogP contribution in [-0.4, -0.2) is 61.6 Å². The number of carbonyl (C=O) groups is 3. The monoisotopic (exact) mass is 520 g/mol. The van der Waals surface area contributed by atoms with E-state index in [1.807, 2.05) is 0 Å². The van der Waals surface area contributed by atoms with Gasteiger partial charge < -0.3 is 19.3 Å². The Morgan fingerprint density at radius 2 is 1.94 bits per heavy atom. The Kier molecular flexibility index (Phi) is 7.44. The molecule has 1 aromatic carbocycles. The molecule has 1 aromatic rings. The number of benzene rings is 1. The molecule has 9 nitrogen and oxygen atoms in total. The van der Waals surface area contributed by atoms with Crippen LogP contribution in [0.4, 0.5) is 0 Å². The van der Waals surface area contributed by atoms with Gasteiger partial charge in [-0.3, -0.25) is 14.5 Å². The summed E-state index contributed by atoms with van der Waals surface area (Å²) in [5.74, 6) is -0.475. The second-order valence-electron chi connectivity index (χ2n) is 6.64. The molecule has 0 aliphatic carbocycles. The van der Waals surface area contributed by atoms with Gasteiger partial charge in [0.2, 0.25) is 14.1 Å². The summed E-state index contributed by atoms with van der Waals surface area (Å²) in [4.78, 5) is 49.5. The third-order valence-corrected chi connectivity index (χ3v) is 6.52. The smallest absolute Gasteiger partial charge is 0.355 e. The Balaban J connectivity index is 1.75. The van der Waals surface area contributed by atoms with Crippen LogP contribution in [0.5, 0.6) is 5.75 Å². The van der Waals surface area contributed by atoms with Gasteiger partial charge in [0.25, 0.3) is 11.8 Å². The van der Waals surface area contributed by atoms with Gasteiger partial charge >= 0.3 is 5.97 Å². The number of β-lactam (4-membered cyclic amide) rings is 1. The molecule has 2 unspecified atom stereocenters. The first-order valence-corrected chi connectivity index (χ1v) is 11.3. The molecule has 0 spiro atoms. The number of carbonyl (C=O) groups excluding carboxylic acids is 4. The maximum Gasteiger partial charge on any atom is 0.355 e. The topological polar surface area (TPSA) is 125 Å².